The first kappa shape index (κ1) is 19.5. The molecule has 0 radical (unpaired) electrons. The molecule has 2 aromatic heterocycles. The Balaban J connectivity index is 1.31. The second-order valence-corrected chi connectivity index (χ2v) is 8.48. The minimum Gasteiger partial charge on any atom is -0.422 e. The number of hydrogen-bond donors (Lipinski definition) is 2. The molecule has 1 aliphatic heterocycles. The van der Waals surface area contributed by atoms with Gasteiger partial charge in [-0.05, 0) is 67.3 Å². The van der Waals surface area contributed by atoms with Crippen molar-refractivity contribution in [1.29, 1.82) is 0 Å². The first-order chi connectivity index (χ1) is 15.1. The van der Waals surface area contributed by atoms with E-state index in [2.05, 4.69) is 27.4 Å². The Hall–Kier alpha value is -3.42. The quantitative estimate of drug-likeness (QED) is 0.616. The zero-order valence-electron chi connectivity index (χ0n) is 17.2. The van der Waals surface area contributed by atoms with Crippen molar-refractivity contribution in [3.8, 4) is 0 Å². The van der Waals surface area contributed by atoms with Crippen LogP contribution in [0.2, 0.25) is 0 Å². The summed E-state index contributed by atoms with van der Waals surface area (Å²) in [4.78, 5) is 34.4. The lowest BCUT2D eigenvalue weighted by molar-refractivity contribution is -0.132. The first-order valence-electron chi connectivity index (χ1n) is 10.8. The van der Waals surface area contributed by atoms with Crippen molar-refractivity contribution < 1.29 is 10.0 Å². The van der Waals surface area contributed by atoms with Crippen molar-refractivity contribution in [2.24, 2.45) is 5.92 Å². The maximum absolute atomic E-state index is 12.4. The topological polar surface area (TPSA) is 100 Å². The molecule has 3 aromatic rings. The van der Waals surface area contributed by atoms with Gasteiger partial charge in [-0.15, -0.1) is 4.73 Å². The van der Waals surface area contributed by atoms with Crippen LogP contribution in [0.3, 0.4) is 0 Å². The molecule has 1 amide bonds. The average Bonchev–Trinajstić information content (AvgIpc) is 3.62. The van der Waals surface area contributed by atoms with Crippen LogP contribution in [-0.4, -0.2) is 43.8 Å². The van der Waals surface area contributed by atoms with Crippen molar-refractivity contribution in [2.45, 2.75) is 38.0 Å². The molecule has 3 heterocycles. The van der Waals surface area contributed by atoms with Crippen LogP contribution in [0.25, 0.3) is 11.0 Å². The Labute approximate surface area is 179 Å². The van der Waals surface area contributed by atoms with Gasteiger partial charge in [0, 0.05) is 31.4 Å². The number of hydrogen-bond acceptors (Lipinski definition) is 6. The molecule has 2 aliphatic rings. The highest BCUT2D eigenvalue weighted by Gasteiger charge is 2.29. The number of nitrogens with one attached hydrogen (secondary N) is 1. The number of carbonyl (C=O) groups excluding carboxylic acids is 1. The summed E-state index contributed by atoms with van der Waals surface area (Å²) >= 11 is 0. The standard InChI is InChI=1S/C23H25N5O3/c29-20(13-15-6-7-15)27-11-8-16(9-12-27)17-3-1-4-18(14-17)25-21-19-5-2-10-24-22(19)28(31)23(30)26-21/h1-5,10,14-16,31H,6-9,11-13H2,(H,25,26,30). The number of rotatable bonds is 5. The molecule has 0 atom stereocenters. The number of amides is 1. The summed E-state index contributed by atoms with van der Waals surface area (Å²) in [5.41, 5.74) is 1.40. The van der Waals surface area contributed by atoms with Gasteiger partial charge in [-0.2, -0.15) is 4.98 Å². The lowest BCUT2D eigenvalue weighted by Crippen LogP contribution is -2.38. The molecular formula is C23H25N5O3. The molecule has 0 spiro atoms. The first-order valence-corrected chi connectivity index (χ1v) is 10.8. The van der Waals surface area contributed by atoms with Crippen LogP contribution in [0.5, 0.6) is 0 Å². The van der Waals surface area contributed by atoms with Crippen LogP contribution in [0.4, 0.5) is 11.5 Å². The van der Waals surface area contributed by atoms with Gasteiger partial charge >= 0.3 is 5.69 Å². The van der Waals surface area contributed by atoms with Crippen LogP contribution in [0.1, 0.15) is 43.6 Å². The molecule has 31 heavy (non-hydrogen) atoms. The average molecular weight is 419 g/mol. The van der Waals surface area contributed by atoms with Gasteiger partial charge in [0.2, 0.25) is 5.91 Å². The largest absolute Gasteiger partial charge is 0.422 e. The van der Waals surface area contributed by atoms with Crippen molar-refractivity contribution in [1.82, 2.24) is 19.6 Å². The number of benzene rings is 1. The molecule has 0 unspecified atom stereocenters. The number of anilines is 2. The van der Waals surface area contributed by atoms with Crippen molar-refractivity contribution in [3.05, 3.63) is 58.6 Å². The molecule has 0 bridgehead atoms. The minimum atomic E-state index is -0.784. The van der Waals surface area contributed by atoms with Crippen LogP contribution < -0.4 is 11.0 Å². The molecule has 160 valence electrons. The maximum Gasteiger partial charge on any atom is 0.384 e. The van der Waals surface area contributed by atoms with Gasteiger partial charge < -0.3 is 15.4 Å². The van der Waals surface area contributed by atoms with Gasteiger partial charge in [-0.3, -0.25) is 4.79 Å². The highest BCUT2D eigenvalue weighted by Crippen LogP contribution is 2.35. The number of piperidine rings is 1. The molecule has 2 N–H and O–H groups in total. The Morgan fingerprint density at radius 3 is 2.71 bits per heavy atom. The number of carbonyl (C=O) groups is 1. The highest BCUT2D eigenvalue weighted by molar-refractivity contribution is 5.88. The van der Waals surface area contributed by atoms with Gasteiger partial charge in [0.05, 0.1) is 5.39 Å². The third-order valence-corrected chi connectivity index (χ3v) is 6.26. The fourth-order valence-electron chi connectivity index (χ4n) is 4.31. The number of pyridine rings is 1. The third kappa shape index (κ3) is 4.10. The van der Waals surface area contributed by atoms with Crippen LogP contribution in [-0.2, 0) is 4.79 Å². The van der Waals surface area contributed by atoms with Gasteiger partial charge in [-0.1, -0.05) is 12.1 Å². The van der Waals surface area contributed by atoms with Crippen LogP contribution in [0, 0.1) is 5.92 Å². The molecule has 8 nitrogen and oxygen atoms in total. The van der Waals surface area contributed by atoms with Crippen molar-refractivity contribution >= 4 is 28.4 Å². The molecule has 8 heteroatoms. The van der Waals surface area contributed by atoms with Gasteiger partial charge in [-0.25, -0.2) is 9.78 Å². The number of likely N-dealkylation sites (tertiary alicyclic amines) is 1. The second kappa shape index (κ2) is 8.02. The van der Waals surface area contributed by atoms with E-state index in [0.717, 1.165) is 31.6 Å². The summed E-state index contributed by atoms with van der Waals surface area (Å²) in [6, 6.07) is 11.6. The molecule has 1 saturated heterocycles. The third-order valence-electron chi connectivity index (χ3n) is 6.26. The van der Waals surface area contributed by atoms with Crippen LogP contribution in [0.15, 0.2) is 47.4 Å². The minimum absolute atomic E-state index is 0.157. The molecule has 5 rings (SSSR count). The smallest absolute Gasteiger partial charge is 0.384 e. The molecular weight excluding hydrogens is 394 g/mol. The normalized spacial score (nSPS) is 17.1. The van der Waals surface area contributed by atoms with E-state index in [-0.39, 0.29) is 5.65 Å². The summed E-state index contributed by atoms with van der Waals surface area (Å²) < 4.78 is 0.454. The maximum atomic E-state index is 12.4. The van der Waals surface area contributed by atoms with Crippen molar-refractivity contribution in [3.63, 3.8) is 0 Å². The molecule has 1 aromatic carbocycles. The highest BCUT2D eigenvalue weighted by atomic mass is 16.5. The van der Waals surface area contributed by atoms with E-state index in [1.807, 2.05) is 17.0 Å². The van der Waals surface area contributed by atoms with Gasteiger partial charge in [0.1, 0.15) is 5.82 Å². The number of nitrogens with zero attached hydrogens (tertiary/aromatic N) is 4. The Morgan fingerprint density at radius 2 is 1.94 bits per heavy atom. The second-order valence-electron chi connectivity index (χ2n) is 8.48. The predicted molar refractivity (Wildman–Crippen MR) is 117 cm³/mol. The van der Waals surface area contributed by atoms with Gasteiger partial charge in [0.15, 0.2) is 5.65 Å². The van der Waals surface area contributed by atoms with E-state index < -0.39 is 5.69 Å². The fraction of sp³-hybridized carbons (Fsp3) is 0.391. The van der Waals surface area contributed by atoms with Crippen LogP contribution >= 0.6 is 0 Å². The summed E-state index contributed by atoms with van der Waals surface area (Å²) in [6.45, 7) is 1.61. The SMILES string of the molecule is O=C(CC1CC1)N1CCC(c2cccc(Nc3nc(=O)n(O)c4ncccc34)c2)CC1. The van der Waals surface area contributed by atoms with E-state index in [4.69, 9.17) is 0 Å². The Bertz CT molecular complexity index is 1180. The Morgan fingerprint density at radius 1 is 1.13 bits per heavy atom. The van der Waals surface area contributed by atoms with E-state index in [9.17, 15) is 14.8 Å². The Kier molecular flexibility index (Phi) is 5.05. The predicted octanol–water partition coefficient (Wildman–Crippen LogP) is 3.28. The van der Waals surface area contributed by atoms with E-state index in [1.54, 1.807) is 12.1 Å². The molecule has 2 fully saturated rings. The zero-order valence-corrected chi connectivity index (χ0v) is 17.2. The lowest BCUT2D eigenvalue weighted by atomic mass is 9.89. The summed E-state index contributed by atoms with van der Waals surface area (Å²) in [6.07, 6.45) is 6.54. The number of fused-ring (bicyclic) bond motifs is 1. The fourth-order valence-corrected chi connectivity index (χ4v) is 4.31. The van der Waals surface area contributed by atoms with Crippen molar-refractivity contribution in [2.75, 3.05) is 18.4 Å². The van der Waals surface area contributed by atoms with E-state index in [0.29, 0.717) is 40.1 Å². The molecule has 1 saturated carbocycles. The molecule has 1 aliphatic carbocycles. The van der Waals surface area contributed by atoms with Gasteiger partial charge in [0.25, 0.3) is 0 Å². The van der Waals surface area contributed by atoms with E-state index >= 15 is 0 Å². The summed E-state index contributed by atoms with van der Waals surface area (Å²) in [5.74, 6) is 1.68. The summed E-state index contributed by atoms with van der Waals surface area (Å²) in [7, 11) is 0. The monoisotopic (exact) mass is 419 g/mol. The zero-order chi connectivity index (χ0) is 21.4. The lowest BCUT2D eigenvalue weighted by Gasteiger charge is -2.32. The number of aromatic nitrogens is 3. The summed E-state index contributed by atoms with van der Waals surface area (Å²) in [5, 5.41) is 13.7. The van der Waals surface area contributed by atoms with E-state index in [1.165, 1.54) is 24.6 Å².